The number of amides is 2. The van der Waals surface area contributed by atoms with Gasteiger partial charge in [-0.05, 0) is 36.4 Å². The maximum atomic E-state index is 12.7. The molecule has 0 bridgehead atoms. The molecule has 0 radical (unpaired) electrons. The van der Waals surface area contributed by atoms with Crippen LogP contribution in [0.5, 0.6) is 5.75 Å². The lowest BCUT2D eigenvalue weighted by Crippen LogP contribution is -2.41. The summed E-state index contributed by atoms with van der Waals surface area (Å²) in [5, 5.41) is 0.349. The van der Waals surface area contributed by atoms with Gasteiger partial charge < -0.3 is 4.74 Å². The number of ether oxygens (including phenoxy) is 1. The Labute approximate surface area is 145 Å². The molecule has 0 aliphatic rings. The van der Waals surface area contributed by atoms with Crippen molar-refractivity contribution in [2.75, 3.05) is 7.11 Å². The minimum atomic E-state index is -4.57. The van der Waals surface area contributed by atoms with Crippen molar-refractivity contribution in [1.29, 1.82) is 0 Å². The average Bonchev–Trinajstić information content (AvgIpc) is 2.58. The van der Waals surface area contributed by atoms with Crippen LogP contribution >= 0.6 is 11.6 Å². The second-order valence-corrected chi connectivity index (χ2v) is 5.27. The van der Waals surface area contributed by atoms with Gasteiger partial charge in [0.1, 0.15) is 5.75 Å². The van der Waals surface area contributed by atoms with Crippen molar-refractivity contribution in [1.82, 2.24) is 10.9 Å². The van der Waals surface area contributed by atoms with Crippen LogP contribution in [0.2, 0.25) is 5.02 Å². The zero-order valence-electron chi connectivity index (χ0n) is 12.8. The highest BCUT2D eigenvalue weighted by Crippen LogP contribution is 2.29. The van der Waals surface area contributed by atoms with Crippen LogP contribution in [-0.4, -0.2) is 18.9 Å². The molecule has 25 heavy (non-hydrogen) atoms. The molecule has 0 atom stereocenters. The average molecular weight is 373 g/mol. The number of halogens is 4. The first kappa shape index (κ1) is 18.6. The van der Waals surface area contributed by atoms with Crippen LogP contribution in [0.15, 0.2) is 42.5 Å². The molecule has 0 unspecified atom stereocenters. The summed E-state index contributed by atoms with van der Waals surface area (Å²) < 4.78 is 43.0. The zero-order chi connectivity index (χ0) is 18.6. The molecule has 0 saturated carbocycles. The Kier molecular flexibility index (Phi) is 5.53. The molecule has 0 fully saturated rings. The Hall–Kier alpha value is -2.74. The topological polar surface area (TPSA) is 67.4 Å². The second kappa shape index (κ2) is 7.43. The van der Waals surface area contributed by atoms with Crippen LogP contribution in [0.3, 0.4) is 0 Å². The Morgan fingerprint density at radius 3 is 2.36 bits per heavy atom. The van der Waals surface area contributed by atoms with Gasteiger partial charge >= 0.3 is 6.18 Å². The van der Waals surface area contributed by atoms with Gasteiger partial charge in [0.25, 0.3) is 11.8 Å². The lowest BCUT2D eigenvalue weighted by atomic mass is 10.1. The monoisotopic (exact) mass is 372 g/mol. The summed E-state index contributed by atoms with van der Waals surface area (Å²) in [7, 11) is 1.34. The van der Waals surface area contributed by atoms with Gasteiger partial charge in [-0.1, -0.05) is 17.7 Å². The van der Waals surface area contributed by atoms with Crippen molar-refractivity contribution in [2.45, 2.75) is 6.18 Å². The summed E-state index contributed by atoms with van der Waals surface area (Å²) in [4.78, 5) is 24.0. The van der Waals surface area contributed by atoms with Crippen molar-refractivity contribution in [2.24, 2.45) is 0 Å². The Balaban J connectivity index is 2.09. The van der Waals surface area contributed by atoms with Crippen LogP contribution in [-0.2, 0) is 6.18 Å². The molecule has 2 aromatic carbocycles. The van der Waals surface area contributed by atoms with Gasteiger partial charge in [0, 0.05) is 10.6 Å². The van der Waals surface area contributed by atoms with E-state index >= 15 is 0 Å². The third kappa shape index (κ3) is 4.63. The molecule has 2 amide bonds. The van der Waals surface area contributed by atoms with E-state index in [9.17, 15) is 22.8 Å². The van der Waals surface area contributed by atoms with Crippen LogP contribution in [0, 0.1) is 0 Å². The first-order chi connectivity index (χ1) is 11.7. The summed E-state index contributed by atoms with van der Waals surface area (Å²) in [6.07, 6.45) is -4.57. The molecule has 0 spiro atoms. The number of nitrogens with one attached hydrogen (secondary N) is 2. The van der Waals surface area contributed by atoms with E-state index in [4.69, 9.17) is 16.3 Å². The van der Waals surface area contributed by atoms with E-state index in [-0.39, 0.29) is 16.9 Å². The van der Waals surface area contributed by atoms with Gasteiger partial charge in [-0.2, -0.15) is 13.2 Å². The number of hydrogen-bond acceptors (Lipinski definition) is 3. The van der Waals surface area contributed by atoms with E-state index in [1.807, 2.05) is 5.43 Å². The molecular formula is C16H12ClF3N2O3. The summed E-state index contributed by atoms with van der Waals surface area (Å²) in [6.45, 7) is 0. The van der Waals surface area contributed by atoms with Gasteiger partial charge in [-0.3, -0.25) is 20.4 Å². The molecule has 2 N–H and O–H groups in total. The number of methoxy groups -OCH3 is 1. The number of hydrogen-bond donors (Lipinski definition) is 2. The van der Waals surface area contributed by atoms with Crippen molar-refractivity contribution in [3.05, 3.63) is 64.2 Å². The lowest BCUT2D eigenvalue weighted by molar-refractivity contribution is -0.137. The van der Waals surface area contributed by atoms with E-state index in [1.54, 1.807) is 0 Å². The van der Waals surface area contributed by atoms with Crippen LogP contribution in [0.1, 0.15) is 26.3 Å². The number of rotatable bonds is 3. The Morgan fingerprint density at radius 1 is 1.04 bits per heavy atom. The van der Waals surface area contributed by atoms with Gasteiger partial charge in [0.2, 0.25) is 0 Å². The molecule has 132 valence electrons. The van der Waals surface area contributed by atoms with E-state index < -0.39 is 23.6 Å². The Morgan fingerprint density at radius 2 is 1.72 bits per heavy atom. The van der Waals surface area contributed by atoms with Crippen molar-refractivity contribution >= 4 is 23.4 Å². The second-order valence-electron chi connectivity index (χ2n) is 4.83. The first-order valence-electron chi connectivity index (χ1n) is 6.84. The van der Waals surface area contributed by atoms with Crippen LogP contribution in [0.4, 0.5) is 13.2 Å². The predicted molar refractivity (Wildman–Crippen MR) is 84.4 cm³/mol. The van der Waals surface area contributed by atoms with E-state index in [2.05, 4.69) is 5.43 Å². The predicted octanol–water partition coefficient (Wildman–Crippen LogP) is 3.44. The highest BCUT2D eigenvalue weighted by atomic mass is 35.5. The smallest absolute Gasteiger partial charge is 0.416 e. The summed E-state index contributed by atoms with van der Waals surface area (Å²) >= 11 is 5.79. The number of carbonyl (C=O) groups is 2. The molecule has 0 aliphatic carbocycles. The number of hydrazine groups is 1. The number of carbonyl (C=O) groups excluding carboxylic acids is 2. The van der Waals surface area contributed by atoms with Crippen LogP contribution in [0.25, 0.3) is 0 Å². The fourth-order valence-electron chi connectivity index (χ4n) is 1.94. The molecule has 0 aromatic heterocycles. The van der Waals surface area contributed by atoms with Crippen molar-refractivity contribution in [3.63, 3.8) is 0 Å². The van der Waals surface area contributed by atoms with Gasteiger partial charge in [0.15, 0.2) is 0 Å². The molecule has 2 rings (SSSR count). The third-order valence-electron chi connectivity index (χ3n) is 3.15. The molecule has 0 heterocycles. The minimum absolute atomic E-state index is 0.0937. The van der Waals surface area contributed by atoms with E-state index in [0.29, 0.717) is 11.1 Å². The quantitative estimate of drug-likeness (QED) is 0.811. The van der Waals surface area contributed by atoms with Gasteiger partial charge in [0.05, 0.1) is 18.2 Å². The molecule has 0 saturated heterocycles. The summed E-state index contributed by atoms with van der Waals surface area (Å²) in [5.74, 6) is -1.43. The first-order valence-corrected chi connectivity index (χ1v) is 7.21. The zero-order valence-corrected chi connectivity index (χ0v) is 13.5. The number of benzene rings is 2. The van der Waals surface area contributed by atoms with Crippen LogP contribution < -0.4 is 15.6 Å². The van der Waals surface area contributed by atoms with E-state index in [1.165, 1.54) is 31.4 Å². The van der Waals surface area contributed by atoms with Crippen molar-refractivity contribution < 1.29 is 27.5 Å². The molecular weight excluding hydrogens is 361 g/mol. The minimum Gasteiger partial charge on any atom is -0.496 e. The summed E-state index contributed by atoms with van der Waals surface area (Å²) in [5.41, 5.74) is 3.03. The molecule has 0 aliphatic heterocycles. The Bertz CT molecular complexity index is 809. The standard InChI is InChI=1S/C16H12ClF3N2O3/c1-25-13-8-11(17)5-6-12(13)15(24)22-21-14(23)9-3-2-4-10(7-9)16(18,19)20/h2-8H,1H3,(H,21,23)(H,22,24). The summed E-state index contributed by atoms with van der Waals surface area (Å²) in [6, 6.07) is 8.06. The lowest BCUT2D eigenvalue weighted by Gasteiger charge is -2.11. The SMILES string of the molecule is COc1cc(Cl)ccc1C(=O)NNC(=O)c1cccc(C(F)(F)F)c1. The maximum Gasteiger partial charge on any atom is 0.416 e. The highest BCUT2D eigenvalue weighted by molar-refractivity contribution is 6.30. The van der Waals surface area contributed by atoms with Gasteiger partial charge in [-0.25, -0.2) is 0 Å². The number of alkyl halides is 3. The fraction of sp³-hybridized carbons (Fsp3) is 0.125. The molecule has 2 aromatic rings. The normalized spacial score (nSPS) is 10.9. The largest absolute Gasteiger partial charge is 0.496 e. The molecule has 9 heteroatoms. The molecule has 5 nitrogen and oxygen atoms in total. The maximum absolute atomic E-state index is 12.7. The van der Waals surface area contributed by atoms with Crippen molar-refractivity contribution in [3.8, 4) is 5.75 Å². The fourth-order valence-corrected chi connectivity index (χ4v) is 2.10. The van der Waals surface area contributed by atoms with Gasteiger partial charge in [-0.15, -0.1) is 0 Å². The van der Waals surface area contributed by atoms with E-state index in [0.717, 1.165) is 12.1 Å². The third-order valence-corrected chi connectivity index (χ3v) is 3.38. The highest BCUT2D eigenvalue weighted by Gasteiger charge is 2.30.